The van der Waals surface area contributed by atoms with Crippen LogP contribution in [0.4, 0.5) is 0 Å². The van der Waals surface area contributed by atoms with Crippen LogP contribution < -0.4 is 5.32 Å². The Morgan fingerprint density at radius 1 is 1.03 bits per heavy atom. The number of benzene rings is 2. The molecule has 2 saturated heterocycles. The third-order valence-electron chi connectivity index (χ3n) is 7.10. The molecule has 0 radical (unpaired) electrons. The van der Waals surface area contributed by atoms with E-state index in [0.29, 0.717) is 26.2 Å². The van der Waals surface area contributed by atoms with Gasteiger partial charge < -0.3 is 39.4 Å². The van der Waals surface area contributed by atoms with Crippen molar-refractivity contribution in [2.45, 2.75) is 69.8 Å². The first kappa shape index (κ1) is 28.6. The van der Waals surface area contributed by atoms with Gasteiger partial charge in [-0.25, -0.2) is 0 Å². The van der Waals surface area contributed by atoms with Gasteiger partial charge in [0.1, 0.15) is 17.8 Å². The molecule has 4 rings (SSSR count). The number of carbonyl (C=O) groups is 1. The highest BCUT2D eigenvalue weighted by Gasteiger charge is 2.59. The molecule has 0 spiro atoms. The lowest BCUT2D eigenvalue weighted by Crippen LogP contribution is -2.63. The molecule has 38 heavy (non-hydrogen) atoms. The summed E-state index contributed by atoms with van der Waals surface area (Å²) in [6, 6.07) is 19.1. The van der Waals surface area contributed by atoms with Crippen LogP contribution in [0.2, 0.25) is 0 Å². The normalized spacial score (nSPS) is 25.6. The van der Waals surface area contributed by atoms with E-state index in [-0.39, 0.29) is 25.7 Å². The summed E-state index contributed by atoms with van der Waals surface area (Å²) in [7, 11) is 0. The van der Waals surface area contributed by atoms with Crippen molar-refractivity contribution < 1.29 is 34.0 Å². The number of nitrogens with one attached hydrogen (secondary N) is 1. The molecule has 9 heteroatoms. The molecule has 2 aliphatic heterocycles. The van der Waals surface area contributed by atoms with Crippen molar-refractivity contribution in [2.75, 3.05) is 32.8 Å². The quantitative estimate of drug-likeness (QED) is 0.406. The third kappa shape index (κ3) is 6.79. The second kappa shape index (κ2) is 12.7. The fourth-order valence-corrected chi connectivity index (χ4v) is 5.12. The molecule has 0 saturated carbocycles. The van der Waals surface area contributed by atoms with Gasteiger partial charge in [-0.15, -0.1) is 0 Å². The molecule has 2 aromatic carbocycles. The highest BCUT2D eigenvalue weighted by Crippen LogP contribution is 2.41. The molecule has 0 aliphatic carbocycles. The summed E-state index contributed by atoms with van der Waals surface area (Å²) in [5, 5.41) is 26.5. The van der Waals surface area contributed by atoms with Crippen molar-refractivity contribution >= 4 is 5.91 Å². The number of piperazine rings is 1. The Hall–Kier alpha value is -2.37. The van der Waals surface area contributed by atoms with Crippen LogP contribution in [0.3, 0.4) is 0 Å². The van der Waals surface area contributed by atoms with Crippen LogP contribution in [0, 0.1) is 0 Å². The lowest BCUT2D eigenvalue weighted by Gasteiger charge is -2.41. The van der Waals surface area contributed by atoms with Gasteiger partial charge in [-0.2, -0.15) is 0 Å². The Kier molecular flexibility index (Phi) is 9.54. The largest absolute Gasteiger partial charge is 0.387 e. The molecule has 2 aliphatic rings. The molecular weight excluding hydrogens is 488 g/mol. The average Bonchev–Trinajstić information content (AvgIpc) is 3.17. The fourth-order valence-electron chi connectivity index (χ4n) is 5.12. The minimum Gasteiger partial charge on any atom is -0.387 e. The molecule has 9 nitrogen and oxygen atoms in total. The van der Waals surface area contributed by atoms with Crippen molar-refractivity contribution in [1.82, 2.24) is 10.2 Å². The van der Waals surface area contributed by atoms with Crippen molar-refractivity contribution in [3.05, 3.63) is 71.8 Å². The number of aliphatic hydroxyl groups excluding tert-OH is 2. The van der Waals surface area contributed by atoms with Gasteiger partial charge in [0.2, 0.25) is 0 Å². The molecule has 0 bridgehead atoms. The van der Waals surface area contributed by atoms with Crippen LogP contribution in [-0.2, 0) is 37.0 Å². The molecule has 2 heterocycles. The smallest absolute Gasteiger partial charge is 0.254 e. The zero-order valence-corrected chi connectivity index (χ0v) is 22.4. The minimum absolute atomic E-state index is 0.0576. The van der Waals surface area contributed by atoms with Crippen LogP contribution >= 0.6 is 0 Å². The van der Waals surface area contributed by atoms with Crippen LogP contribution in [0.25, 0.3) is 0 Å². The second-order valence-electron chi connectivity index (χ2n) is 10.4. The van der Waals surface area contributed by atoms with Crippen molar-refractivity contribution in [2.24, 2.45) is 0 Å². The van der Waals surface area contributed by atoms with Gasteiger partial charge >= 0.3 is 0 Å². The van der Waals surface area contributed by atoms with E-state index >= 15 is 0 Å². The Bertz CT molecular complexity index is 1020. The van der Waals surface area contributed by atoms with E-state index in [1.807, 2.05) is 60.7 Å². The standard InChI is InChI=1S/C29H40N2O7/c1-21-29(38-28(2,3)37-21,20-35-18-22-10-6-4-7-11-22)26(33)24(32)25(27(34)31-16-14-30-15-17-31)36-19-23-12-8-5-9-13-23/h4-13,21,24-26,30,32-33H,14-20H2,1-3H3/t21-,24-,25-,26+,29-/m1/s1. The molecule has 2 fully saturated rings. The monoisotopic (exact) mass is 528 g/mol. The Morgan fingerprint density at radius 3 is 2.16 bits per heavy atom. The Morgan fingerprint density at radius 2 is 1.61 bits per heavy atom. The summed E-state index contributed by atoms with van der Waals surface area (Å²) in [6.45, 7) is 7.87. The first-order valence-corrected chi connectivity index (χ1v) is 13.2. The fraction of sp³-hybridized carbons (Fsp3) is 0.552. The van der Waals surface area contributed by atoms with E-state index in [1.165, 1.54) is 0 Å². The summed E-state index contributed by atoms with van der Waals surface area (Å²) in [5.41, 5.74) is 0.375. The number of ether oxygens (including phenoxy) is 4. The molecule has 0 aromatic heterocycles. The van der Waals surface area contributed by atoms with Gasteiger partial charge in [0.25, 0.3) is 5.91 Å². The van der Waals surface area contributed by atoms with Crippen molar-refractivity contribution in [1.29, 1.82) is 0 Å². The lowest BCUT2D eigenvalue weighted by atomic mass is 9.86. The molecule has 2 aromatic rings. The summed E-state index contributed by atoms with van der Waals surface area (Å²) in [6.07, 6.45) is -5.08. The van der Waals surface area contributed by atoms with Gasteiger partial charge in [0.15, 0.2) is 11.9 Å². The zero-order valence-electron chi connectivity index (χ0n) is 22.4. The zero-order chi connectivity index (χ0) is 27.2. The van der Waals surface area contributed by atoms with E-state index in [9.17, 15) is 15.0 Å². The Balaban J connectivity index is 1.56. The first-order valence-electron chi connectivity index (χ1n) is 13.2. The van der Waals surface area contributed by atoms with Crippen molar-refractivity contribution in [3.8, 4) is 0 Å². The van der Waals surface area contributed by atoms with E-state index in [4.69, 9.17) is 18.9 Å². The predicted molar refractivity (Wildman–Crippen MR) is 141 cm³/mol. The molecule has 1 amide bonds. The maximum absolute atomic E-state index is 13.6. The summed E-state index contributed by atoms with van der Waals surface area (Å²) in [4.78, 5) is 15.2. The van der Waals surface area contributed by atoms with Gasteiger partial charge in [0, 0.05) is 26.2 Å². The lowest BCUT2D eigenvalue weighted by molar-refractivity contribution is -0.227. The molecule has 208 valence electrons. The highest BCUT2D eigenvalue weighted by molar-refractivity contribution is 5.82. The van der Waals surface area contributed by atoms with Gasteiger partial charge in [-0.05, 0) is 31.9 Å². The van der Waals surface area contributed by atoms with E-state index in [0.717, 1.165) is 11.1 Å². The molecule has 0 unspecified atom stereocenters. The van der Waals surface area contributed by atoms with Crippen molar-refractivity contribution in [3.63, 3.8) is 0 Å². The van der Waals surface area contributed by atoms with Crippen LogP contribution in [-0.4, -0.2) is 89.6 Å². The second-order valence-corrected chi connectivity index (χ2v) is 10.4. The van der Waals surface area contributed by atoms with E-state index in [2.05, 4.69) is 5.32 Å². The average molecular weight is 529 g/mol. The minimum atomic E-state index is -1.60. The molecule has 5 atom stereocenters. The van der Waals surface area contributed by atoms with E-state index < -0.39 is 35.8 Å². The van der Waals surface area contributed by atoms with Crippen LogP contribution in [0.5, 0.6) is 0 Å². The first-order chi connectivity index (χ1) is 18.2. The van der Waals surface area contributed by atoms with Gasteiger partial charge in [0.05, 0.1) is 25.9 Å². The number of aliphatic hydroxyl groups is 2. The number of nitrogens with zero attached hydrogens (tertiary/aromatic N) is 1. The summed E-state index contributed by atoms with van der Waals surface area (Å²) >= 11 is 0. The topological polar surface area (TPSA) is 110 Å². The maximum Gasteiger partial charge on any atom is 0.254 e. The number of amides is 1. The maximum atomic E-state index is 13.6. The SMILES string of the molecule is C[C@H]1OC(C)(C)O[C@@]1(COCc1ccccc1)[C@@H](O)[C@H](O)[C@@H](OCc1ccccc1)C(=O)N1CCNCC1. The molecule has 3 N–H and O–H groups in total. The van der Waals surface area contributed by atoms with Crippen LogP contribution in [0.1, 0.15) is 31.9 Å². The summed E-state index contributed by atoms with van der Waals surface area (Å²) in [5.74, 6) is -1.40. The van der Waals surface area contributed by atoms with Gasteiger partial charge in [-0.1, -0.05) is 60.7 Å². The third-order valence-corrected chi connectivity index (χ3v) is 7.10. The highest BCUT2D eigenvalue weighted by atomic mass is 16.8. The van der Waals surface area contributed by atoms with E-state index in [1.54, 1.807) is 25.7 Å². The summed E-state index contributed by atoms with van der Waals surface area (Å²) < 4.78 is 24.3. The van der Waals surface area contributed by atoms with Crippen LogP contribution in [0.15, 0.2) is 60.7 Å². The predicted octanol–water partition coefficient (Wildman–Crippen LogP) is 1.85. The number of rotatable bonds is 11. The number of hydrogen-bond acceptors (Lipinski definition) is 8. The number of hydrogen-bond donors (Lipinski definition) is 3. The Labute approximate surface area is 224 Å². The number of carbonyl (C=O) groups excluding carboxylic acids is 1. The molecular formula is C29H40N2O7. The van der Waals surface area contributed by atoms with Gasteiger partial charge in [-0.3, -0.25) is 4.79 Å².